The largest absolute Gasteiger partial charge is 0.475 e. The fourth-order valence-electron chi connectivity index (χ4n) is 4.38. The summed E-state index contributed by atoms with van der Waals surface area (Å²) in [7, 11) is -0.213. The van der Waals surface area contributed by atoms with Gasteiger partial charge in [-0.2, -0.15) is 0 Å². The Morgan fingerprint density at radius 2 is 1.89 bits per heavy atom. The normalized spacial score (nSPS) is 46.8. The lowest BCUT2D eigenvalue weighted by atomic mass is 9.43. The molecule has 3 aliphatic carbocycles. The monoisotopic (exact) mass is 251 g/mol. The van der Waals surface area contributed by atoms with E-state index in [9.17, 15) is 0 Å². The predicted molar refractivity (Wildman–Crippen MR) is 72.9 cm³/mol. The highest BCUT2D eigenvalue weighted by Crippen LogP contribution is 2.65. The van der Waals surface area contributed by atoms with E-state index in [-0.39, 0.29) is 24.8 Å². The number of rotatable bonds is 2. The number of nitrogens with two attached hydrogens (primary N) is 1. The smallest absolute Gasteiger partial charge is 0.404 e. The molecule has 0 amide bonds. The Morgan fingerprint density at radius 1 is 1.22 bits per heavy atom. The molecule has 0 aromatic heterocycles. The molecule has 18 heavy (non-hydrogen) atoms. The van der Waals surface area contributed by atoms with E-state index in [1.807, 2.05) is 0 Å². The molecule has 4 aliphatic rings. The molecule has 0 aromatic rings. The quantitative estimate of drug-likeness (QED) is 0.765. The summed E-state index contributed by atoms with van der Waals surface area (Å²) in [6, 6.07) is 0. The summed E-state index contributed by atoms with van der Waals surface area (Å²) in [5.74, 6) is 1.80. The average molecular weight is 251 g/mol. The SMILES string of the molecule is CC(C)C(N)B1O[C@H]2C[C@@H]3C[C@@H](C3(C)C)[C@]2(C)O1. The van der Waals surface area contributed by atoms with Gasteiger partial charge in [0.15, 0.2) is 0 Å². The van der Waals surface area contributed by atoms with Gasteiger partial charge >= 0.3 is 7.12 Å². The summed E-state index contributed by atoms with van der Waals surface area (Å²) in [4.78, 5) is 0. The third-order valence-corrected chi connectivity index (χ3v) is 6.05. The first-order valence-electron chi connectivity index (χ1n) is 7.35. The molecule has 1 heterocycles. The molecule has 1 unspecified atom stereocenters. The summed E-state index contributed by atoms with van der Waals surface area (Å²) in [5.41, 5.74) is 6.50. The third kappa shape index (κ3) is 1.49. The van der Waals surface area contributed by atoms with Crippen LogP contribution in [0, 0.1) is 23.2 Å². The van der Waals surface area contributed by atoms with Crippen molar-refractivity contribution in [3.05, 3.63) is 0 Å². The van der Waals surface area contributed by atoms with Crippen molar-refractivity contribution < 1.29 is 9.31 Å². The van der Waals surface area contributed by atoms with Crippen LogP contribution in [-0.4, -0.2) is 24.8 Å². The highest BCUT2D eigenvalue weighted by Gasteiger charge is 2.68. The highest BCUT2D eigenvalue weighted by molar-refractivity contribution is 6.47. The van der Waals surface area contributed by atoms with Crippen LogP contribution in [0.5, 0.6) is 0 Å². The van der Waals surface area contributed by atoms with Crippen molar-refractivity contribution >= 4 is 7.12 Å². The first-order valence-corrected chi connectivity index (χ1v) is 7.35. The lowest BCUT2D eigenvalue weighted by molar-refractivity contribution is -0.199. The van der Waals surface area contributed by atoms with Crippen molar-refractivity contribution in [2.45, 2.75) is 65.1 Å². The first kappa shape index (κ1) is 13.0. The number of hydrogen-bond donors (Lipinski definition) is 1. The van der Waals surface area contributed by atoms with Gasteiger partial charge in [-0.15, -0.1) is 0 Å². The van der Waals surface area contributed by atoms with Crippen molar-refractivity contribution in [3.63, 3.8) is 0 Å². The second-order valence-electron chi connectivity index (χ2n) is 7.66. The van der Waals surface area contributed by atoms with E-state index in [1.54, 1.807) is 0 Å². The molecule has 3 saturated carbocycles. The minimum atomic E-state index is -0.213. The van der Waals surface area contributed by atoms with Crippen LogP contribution in [0.3, 0.4) is 0 Å². The minimum Gasteiger partial charge on any atom is -0.404 e. The Bertz CT molecular complexity index is 360. The topological polar surface area (TPSA) is 44.5 Å². The molecule has 1 aliphatic heterocycles. The fourth-order valence-corrected chi connectivity index (χ4v) is 4.38. The van der Waals surface area contributed by atoms with E-state index in [1.165, 1.54) is 6.42 Å². The third-order valence-electron chi connectivity index (χ3n) is 6.05. The van der Waals surface area contributed by atoms with Crippen LogP contribution in [0.4, 0.5) is 0 Å². The van der Waals surface area contributed by atoms with Gasteiger partial charge in [-0.25, -0.2) is 0 Å². The molecule has 2 N–H and O–H groups in total. The first-order chi connectivity index (χ1) is 8.26. The average Bonchev–Trinajstić information content (AvgIpc) is 2.63. The summed E-state index contributed by atoms with van der Waals surface area (Å²) in [5, 5.41) is 0. The van der Waals surface area contributed by atoms with E-state index in [0.717, 1.165) is 12.3 Å². The molecule has 1 saturated heterocycles. The molecular formula is C14H26BNO2. The molecule has 102 valence electrons. The Morgan fingerprint density at radius 3 is 2.44 bits per heavy atom. The van der Waals surface area contributed by atoms with Crippen LogP contribution in [0.15, 0.2) is 0 Å². The molecule has 5 atom stereocenters. The highest BCUT2D eigenvalue weighted by atomic mass is 16.7. The maximum absolute atomic E-state index is 6.31. The van der Waals surface area contributed by atoms with Crippen LogP contribution >= 0.6 is 0 Å². The Kier molecular flexibility index (Phi) is 2.69. The van der Waals surface area contributed by atoms with Gasteiger partial charge in [0.2, 0.25) is 0 Å². The molecule has 4 heteroatoms. The van der Waals surface area contributed by atoms with E-state index < -0.39 is 0 Å². The van der Waals surface area contributed by atoms with Crippen molar-refractivity contribution in [1.29, 1.82) is 0 Å². The van der Waals surface area contributed by atoms with Gasteiger partial charge in [-0.1, -0.05) is 27.7 Å². The van der Waals surface area contributed by atoms with Gasteiger partial charge in [0, 0.05) is 5.94 Å². The lowest BCUT2D eigenvalue weighted by Crippen LogP contribution is -2.65. The lowest BCUT2D eigenvalue weighted by Gasteiger charge is -2.64. The van der Waals surface area contributed by atoms with E-state index in [0.29, 0.717) is 17.3 Å². The molecule has 0 radical (unpaired) electrons. The Hall–Kier alpha value is -0.0551. The molecule has 2 bridgehead atoms. The summed E-state index contributed by atoms with van der Waals surface area (Å²) in [6.07, 6.45) is 2.69. The van der Waals surface area contributed by atoms with Crippen molar-refractivity contribution in [3.8, 4) is 0 Å². The Balaban J connectivity index is 1.81. The molecule has 4 rings (SSSR count). The van der Waals surface area contributed by atoms with Gasteiger partial charge in [-0.3, -0.25) is 0 Å². The Labute approximate surface area is 111 Å². The maximum atomic E-state index is 6.31. The van der Waals surface area contributed by atoms with Gasteiger partial charge in [0.25, 0.3) is 0 Å². The standard InChI is InChI=1S/C14H26BNO2/c1-8(2)12(16)15-17-11-7-9-6-10(13(9,3)4)14(11,5)18-15/h8-12H,6-7,16H2,1-5H3/t9-,10-,11-,12?,14-/m0/s1. The second kappa shape index (κ2) is 3.74. The molecular weight excluding hydrogens is 225 g/mol. The van der Waals surface area contributed by atoms with Gasteiger partial charge in [0.1, 0.15) is 0 Å². The molecule has 4 fully saturated rings. The zero-order chi connectivity index (χ0) is 13.3. The second-order valence-corrected chi connectivity index (χ2v) is 7.66. The zero-order valence-corrected chi connectivity index (χ0v) is 12.3. The predicted octanol–water partition coefficient (Wildman–Crippen LogP) is 2.24. The van der Waals surface area contributed by atoms with Gasteiger partial charge in [-0.05, 0) is 42.9 Å². The fraction of sp³-hybridized carbons (Fsp3) is 1.00. The van der Waals surface area contributed by atoms with Crippen molar-refractivity contribution in [2.75, 3.05) is 0 Å². The maximum Gasteiger partial charge on any atom is 0.475 e. The van der Waals surface area contributed by atoms with Crippen molar-refractivity contribution in [1.82, 2.24) is 0 Å². The molecule has 0 aromatic carbocycles. The van der Waals surface area contributed by atoms with E-state index in [2.05, 4.69) is 34.6 Å². The van der Waals surface area contributed by atoms with Crippen LogP contribution < -0.4 is 5.73 Å². The molecule has 0 spiro atoms. The van der Waals surface area contributed by atoms with Crippen molar-refractivity contribution in [2.24, 2.45) is 28.9 Å². The molecule has 3 nitrogen and oxygen atoms in total. The van der Waals surface area contributed by atoms with Gasteiger partial charge < -0.3 is 15.0 Å². The van der Waals surface area contributed by atoms with E-state index in [4.69, 9.17) is 15.0 Å². The minimum absolute atomic E-state index is 0.0206. The van der Waals surface area contributed by atoms with Crippen LogP contribution in [-0.2, 0) is 9.31 Å². The summed E-state index contributed by atoms with van der Waals surface area (Å²) >= 11 is 0. The summed E-state index contributed by atoms with van der Waals surface area (Å²) < 4.78 is 12.5. The van der Waals surface area contributed by atoms with E-state index >= 15 is 0 Å². The van der Waals surface area contributed by atoms with Crippen LogP contribution in [0.25, 0.3) is 0 Å². The summed E-state index contributed by atoms with van der Waals surface area (Å²) in [6.45, 7) is 11.3. The van der Waals surface area contributed by atoms with Gasteiger partial charge in [0.05, 0.1) is 11.7 Å². The zero-order valence-electron chi connectivity index (χ0n) is 12.3. The van der Waals surface area contributed by atoms with Crippen LogP contribution in [0.2, 0.25) is 0 Å². The van der Waals surface area contributed by atoms with Crippen LogP contribution in [0.1, 0.15) is 47.5 Å². The number of hydrogen-bond acceptors (Lipinski definition) is 3.